The molecule has 0 saturated heterocycles. The molecule has 0 atom stereocenters. The highest BCUT2D eigenvalue weighted by Gasteiger charge is 2.14. The topological polar surface area (TPSA) is 55.8 Å². The second-order valence-corrected chi connectivity index (χ2v) is 4.84. The quantitative estimate of drug-likeness (QED) is 0.693. The lowest BCUT2D eigenvalue weighted by Gasteiger charge is -2.04. The molecule has 2 aromatic carbocycles. The molecular weight excluding hydrogens is 268 g/mol. The summed E-state index contributed by atoms with van der Waals surface area (Å²) in [6, 6.07) is 12.8. The largest absolute Gasteiger partial charge is 0.478 e. The minimum absolute atomic E-state index is 0.201. The third-order valence-corrected chi connectivity index (χ3v) is 3.30. The van der Waals surface area contributed by atoms with Gasteiger partial charge in [0.2, 0.25) is 6.79 Å². The van der Waals surface area contributed by atoms with Crippen molar-refractivity contribution >= 4 is 17.6 Å². The number of hydrogen-bond acceptors (Lipinski definition) is 3. The van der Waals surface area contributed by atoms with Gasteiger partial charge >= 0.3 is 5.97 Å². The van der Waals surface area contributed by atoms with Gasteiger partial charge in [-0.15, -0.1) is 0 Å². The van der Waals surface area contributed by atoms with Crippen LogP contribution in [0.3, 0.4) is 0 Å². The number of benzene rings is 2. The van der Waals surface area contributed by atoms with E-state index in [4.69, 9.17) is 9.47 Å². The number of carbonyl (C=O) groups is 1. The van der Waals surface area contributed by atoms with Crippen LogP contribution in [0.15, 0.2) is 42.5 Å². The van der Waals surface area contributed by atoms with Crippen LogP contribution in [0.25, 0.3) is 11.6 Å². The molecule has 1 aliphatic rings. The number of ether oxygens (including phenoxy) is 2. The van der Waals surface area contributed by atoms with Crippen molar-refractivity contribution in [3.8, 4) is 11.5 Å². The molecule has 4 heteroatoms. The predicted molar refractivity (Wildman–Crippen MR) is 79.3 cm³/mol. The first-order chi connectivity index (χ1) is 10.1. The summed E-state index contributed by atoms with van der Waals surface area (Å²) in [5.74, 6) is 0.355. The summed E-state index contributed by atoms with van der Waals surface area (Å²) in [6.07, 6.45) is 1.63. The van der Waals surface area contributed by atoms with E-state index in [9.17, 15) is 9.90 Å². The number of carboxylic acids is 1. The van der Waals surface area contributed by atoms with E-state index in [2.05, 4.69) is 0 Å². The maximum absolute atomic E-state index is 11.5. The fourth-order valence-electron chi connectivity index (χ4n) is 2.17. The van der Waals surface area contributed by atoms with E-state index in [0.717, 1.165) is 11.1 Å². The first-order valence-electron chi connectivity index (χ1n) is 6.55. The smallest absolute Gasteiger partial charge is 0.336 e. The Morgan fingerprint density at radius 3 is 2.52 bits per heavy atom. The molecule has 3 rings (SSSR count). The summed E-state index contributed by atoms with van der Waals surface area (Å²) in [7, 11) is 0. The van der Waals surface area contributed by atoms with Crippen molar-refractivity contribution in [2.75, 3.05) is 6.79 Å². The summed E-state index contributed by atoms with van der Waals surface area (Å²) in [5, 5.41) is 9.43. The molecule has 1 aliphatic heterocycles. The molecule has 0 spiro atoms. The van der Waals surface area contributed by atoms with E-state index in [1.54, 1.807) is 18.2 Å². The summed E-state index contributed by atoms with van der Waals surface area (Å²) in [4.78, 5) is 11.5. The Morgan fingerprint density at radius 1 is 1.10 bits per heavy atom. The van der Waals surface area contributed by atoms with Crippen LogP contribution in [0.1, 0.15) is 16.7 Å². The lowest BCUT2D eigenvalue weighted by atomic mass is 10.0. The Hall–Kier alpha value is -2.75. The van der Waals surface area contributed by atoms with Gasteiger partial charge in [0.15, 0.2) is 11.5 Å². The van der Waals surface area contributed by atoms with Crippen LogP contribution >= 0.6 is 0 Å². The number of rotatable bonds is 3. The van der Waals surface area contributed by atoms with Crippen LogP contribution in [-0.4, -0.2) is 17.9 Å². The SMILES string of the molecule is Cc1ccc(/C(=C\c2ccc3c(c2)OCO3)C(=O)O)cc1. The minimum Gasteiger partial charge on any atom is -0.478 e. The van der Waals surface area contributed by atoms with Crippen molar-refractivity contribution in [1.82, 2.24) is 0 Å². The highest BCUT2D eigenvalue weighted by molar-refractivity contribution is 6.20. The van der Waals surface area contributed by atoms with Gasteiger partial charge in [0.1, 0.15) is 0 Å². The van der Waals surface area contributed by atoms with Gasteiger partial charge in [-0.25, -0.2) is 4.79 Å². The molecule has 1 heterocycles. The van der Waals surface area contributed by atoms with Crippen LogP contribution in [-0.2, 0) is 4.79 Å². The van der Waals surface area contributed by atoms with Gasteiger partial charge in [-0.05, 0) is 36.3 Å². The third-order valence-electron chi connectivity index (χ3n) is 3.30. The Morgan fingerprint density at radius 2 is 1.81 bits per heavy atom. The van der Waals surface area contributed by atoms with E-state index in [0.29, 0.717) is 17.1 Å². The van der Waals surface area contributed by atoms with Crippen LogP contribution in [0.4, 0.5) is 0 Å². The van der Waals surface area contributed by atoms with E-state index in [-0.39, 0.29) is 12.4 Å². The zero-order valence-electron chi connectivity index (χ0n) is 11.5. The van der Waals surface area contributed by atoms with Gasteiger partial charge in [-0.2, -0.15) is 0 Å². The Bertz CT molecular complexity index is 714. The number of aryl methyl sites for hydroxylation is 1. The van der Waals surface area contributed by atoms with Gasteiger partial charge in [-0.1, -0.05) is 35.9 Å². The fourth-order valence-corrected chi connectivity index (χ4v) is 2.17. The zero-order valence-corrected chi connectivity index (χ0v) is 11.5. The van der Waals surface area contributed by atoms with Crippen molar-refractivity contribution in [1.29, 1.82) is 0 Å². The summed E-state index contributed by atoms with van der Waals surface area (Å²) in [5.41, 5.74) is 2.77. The molecule has 21 heavy (non-hydrogen) atoms. The highest BCUT2D eigenvalue weighted by atomic mass is 16.7. The first kappa shape index (κ1) is 13.2. The lowest BCUT2D eigenvalue weighted by Crippen LogP contribution is -1.99. The monoisotopic (exact) mass is 282 g/mol. The van der Waals surface area contributed by atoms with Crippen molar-refractivity contribution in [3.63, 3.8) is 0 Å². The standard InChI is InChI=1S/C17H14O4/c1-11-2-5-13(6-3-11)14(17(18)19)8-12-4-7-15-16(9-12)21-10-20-15/h2-9H,10H2,1H3,(H,18,19)/b14-8+. The number of aliphatic carboxylic acids is 1. The summed E-state index contributed by atoms with van der Waals surface area (Å²) in [6.45, 7) is 2.16. The van der Waals surface area contributed by atoms with E-state index < -0.39 is 5.97 Å². The van der Waals surface area contributed by atoms with Gasteiger partial charge in [0, 0.05) is 0 Å². The molecule has 0 radical (unpaired) electrons. The van der Waals surface area contributed by atoms with Gasteiger partial charge < -0.3 is 14.6 Å². The van der Waals surface area contributed by atoms with Crippen LogP contribution < -0.4 is 9.47 Å². The van der Waals surface area contributed by atoms with Gasteiger partial charge in [0.05, 0.1) is 5.57 Å². The minimum atomic E-state index is -0.962. The van der Waals surface area contributed by atoms with Crippen molar-refractivity contribution in [3.05, 3.63) is 59.2 Å². The predicted octanol–water partition coefficient (Wildman–Crippen LogP) is 3.35. The van der Waals surface area contributed by atoms with Crippen molar-refractivity contribution in [2.24, 2.45) is 0 Å². The van der Waals surface area contributed by atoms with Gasteiger partial charge in [-0.3, -0.25) is 0 Å². The molecule has 0 bridgehead atoms. The second kappa shape index (κ2) is 5.32. The highest BCUT2D eigenvalue weighted by Crippen LogP contribution is 2.33. The molecule has 1 N–H and O–H groups in total. The zero-order chi connectivity index (χ0) is 14.8. The molecule has 0 unspecified atom stereocenters. The van der Waals surface area contributed by atoms with E-state index >= 15 is 0 Å². The Labute approximate surface area is 122 Å². The van der Waals surface area contributed by atoms with Crippen LogP contribution in [0, 0.1) is 6.92 Å². The summed E-state index contributed by atoms with van der Waals surface area (Å²) >= 11 is 0. The number of fused-ring (bicyclic) bond motifs is 1. The average molecular weight is 282 g/mol. The fraction of sp³-hybridized carbons (Fsp3) is 0.118. The lowest BCUT2D eigenvalue weighted by molar-refractivity contribution is -0.130. The third kappa shape index (κ3) is 2.74. The van der Waals surface area contributed by atoms with Crippen molar-refractivity contribution < 1.29 is 19.4 Å². The van der Waals surface area contributed by atoms with Crippen molar-refractivity contribution in [2.45, 2.75) is 6.92 Å². The molecule has 2 aromatic rings. The molecule has 0 aliphatic carbocycles. The Kier molecular flexibility index (Phi) is 3.36. The van der Waals surface area contributed by atoms with Gasteiger partial charge in [0.25, 0.3) is 0 Å². The molecule has 106 valence electrons. The maximum Gasteiger partial charge on any atom is 0.336 e. The first-order valence-corrected chi connectivity index (χ1v) is 6.55. The van der Waals surface area contributed by atoms with E-state index in [1.165, 1.54) is 0 Å². The normalized spacial score (nSPS) is 13.3. The molecule has 0 amide bonds. The molecule has 0 fully saturated rings. The second-order valence-electron chi connectivity index (χ2n) is 4.84. The van der Waals surface area contributed by atoms with E-state index in [1.807, 2.05) is 37.3 Å². The number of carboxylic acid groups (broad SMARTS) is 1. The maximum atomic E-state index is 11.5. The molecule has 0 aromatic heterocycles. The average Bonchev–Trinajstić information content (AvgIpc) is 2.93. The van der Waals surface area contributed by atoms with Crippen LogP contribution in [0.2, 0.25) is 0 Å². The van der Waals surface area contributed by atoms with Crippen LogP contribution in [0.5, 0.6) is 11.5 Å². The summed E-state index contributed by atoms with van der Waals surface area (Å²) < 4.78 is 10.5. The molecular formula is C17H14O4. The Balaban J connectivity index is 2.00. The molecule has 0 saturated carbocycles. The number of hydrogen-bond donors (Lipinski definition) is 1. The molecule has 4 nitrogen and oxygen atoms in total.